The number of rotatable bonds is 1. The SMILES string of the molecule is NCc1n[nH]c2nc3c(c(=O)n12)CCC3. The van der Waals surface area contributed by atoms with Crippen LogP contribution in [-0.2, 0) is 19.4 Å². The van der Waals surface area contributed by atoms with E-state index >= 15 is 0 Å². The zero-order valence-corrected chi connectivity index (χ0v) is 8.16. The summed E-state index contributed by atoms with van der Waals surface area (Å²) in [5, 5.41) is 6.70. The summed E-state index contributed by atoms with van der Waals surface area (Å²) < 4.78 is 1.48. The number of H-pyrrole nitrogens is 1. The average Bonchev–Trinajstić information content (AvgIpc) is 2.83. The largest absolute Gasteiger partial charge is 0.324 e. The maximum Gasteiger partial charge on any atom is 0.264 e. The van der Waals surface area contributed by atoms with E-state index in [1.807, 2.05) is 0 Å². The summed E-state index contributed by atoms with van der Waals surface area (Å²) in [4.78, 5) is 16.4. The van der Waals surface area contributed by atoms with Gasteiger partial charge in [-0.05, 0) is 19.3 Å². The predicted molar refractivity (Wildman–Crippen MR) is 53.5 cm³/mol. The fraction of sp³-hybridized carbons (Fsp3) is 0.444. The number of aromatic amines is 1. The molecule has 0 fully saturated rings. The van der Waals surface area contributed by atoms with Crippen molar-refractivity contribution in [3.63, 3.8) is 0 Å². The lowest BCUT2D eigenvalue weighted by Crippen LogP contribution is -2.22. The minimum absolute atomic E-state index is 0.0123. The molecule has 1 aliphatic rings. The lowest BCUT2D eigenvalue weighted by atomic mass is 10.2. The molecule has 0 bridgehead atoms. The van der Waals surface area contributed by atoms with Crippen LogP contribution in [-0.4, -0.2) is 19.6 Å². The van der Waals surface area contributed by atoms with Crippen LogP contribution in [0.5, 0.6) is 0 Å². The number of aryl methyl sites for hydroxylation is 1. The third-order valence-corrected chi connectivity index (χ3v) is 2.83. The number of nitrogens with two attached hydrogens (primary N) is 1. The molecule has 6 heteroatoms. The molecular weight excluding hydrogens is 194 g/mol. The van der Waals surface area contributed by atoms with Gasteiger partial charge in [0.05, 0.1) is 12.2 Å². The summed E-state index contributed by atoms with van der Waals surface area (Å²) in [7, 11) is 0. The Morgan fingerprint density at radius 3 is 3.13 bits per heavy atom. The summed E-state index contributed by atoms with van der Waals surface area (Å²) in [6, 6.07) is 0. The van der Waals surface area contributed by atoms with Crippen LogP contribution < -0.4 is 11.3 Å². The van der Waals surface area contributed by atoms with Crippen LogP contribution in [0, 0.1) is 0 Å². The van der Waals surface area contributed by atoms with Crippen molar-refractivity contribution in [2.75, 3.05) is 0 Å². The van der Waals surface area contributed by atoms with Crippen LogP contribution in [0.3, 0.4) is 0 Å². The quantitative estimate of drug-likeness (QED) is 0.648. The normalized spacial score (nSPS) is 14.7. The van der Waals surface area contributed by atoms with Gasteiger partial charge in [-0.3, -0.25) is 4.79 Å². The summed E-state index contributed by atoms with van der Waals surface area (Å²) in [6.45, 7) is 0.236. The minimum Gasteiger partial charge on any atom is -0.324 e. The van der Waals surface area contributed by atoms with Crippen LogP contribution in [0.4, 0.5) is 0 Å². The summed E-state index contributed by atoms with van der Waals surface area (Å²) >= 11 is 0. The Balaban J connectivity index is 2.44. The smallest absolute Gasteiger partial charge is 0.264 e. The summed E-state index contributed by atoms with van der Waals surface area (Å²) in [6.07, 6.45) is 2.72. The lowest BCUT2D eigenvalue weighted by Gasteiger charge is -1.99. The summed E-state index contributed by atoms with van der Waals surface area (Å²) in [5.41, 5.74) is 7.22. The first-order valence-electron chi connectivity index (χ1n) is 4.99. The molecule has 0 atom stereocenters. The van der Waals surface area contributed by atoms with Gasteiger partial charge in [0.15, 0.2) is 5.82 Å². The molecule has 6 nitrogen and oxygen atoms in total. The standard InChI is InChI=1S/C9H11N5O/c10-4-7-12-13-9-11-6-3-1-2-5(6)8(15)14(7)9/h1-4,10H2,(H,11,13). The van der Waals surface area contributed by atoms with E-state index in [0.29, 0.717) is 11.6 Å². The van der Waals surface area contributed by atoms with E-state index < -0.39 is 0 Å². The van der Waals surface area contributed by atoms with E-state index in [4.69, 9.17) is 5.73 Å². The Morgan fingerprint density at radius 1 is 1.47 bits per heavy atom. The van der Waals surface area contributed by atoms with Crippen molar-refractivity contribution in [3.05, 3.63) is 27.4 Å². The summed E-state index contributed by atoms with van der Waals surface area (Å²) in [5.74, 6) is 1.04. The number of nitrogens with one attached hydrogen (secondary N) is 1. The minimum atomic E-state index is -0.0123. The van der Waals surface area contributed by atoms with Gasteiger partial charge in [0.1, 0.15) is 0 Å². The van der Waals surface area contributed by atoms with Gasteiger partial charge in [-0.15, -0.1) is 0 Å². The molecule has 0 aliphatic heterocycles. The maximum absolute atomic E-state index is 12.1. The lowest BCUT2D eigenvalue weighted by molar-refractivity contribution is 0.854. The Morgan fingerprint density at radius 2 is 2.33 bits per heavy atom. The highest BCUT2D eigenvalue weighted by molar-refractivity contribution is 5.35. The van der Waals surface area contributed by atoms with Crippen LogP contribution in [0.2, 0.25) is 0 Å². The van der Waals surface area contributed by atoms with Gasteiger partial charge in [-0.25, -0.2) is 14.5 Å². The van der Waals surface area contributed by atoms with Crippen molar-refractivity contribution in [3.8, 4) is 0 Å². The second-order valence-corrected chi connectivity index (χ2v) is 3.70. The van der Waals surface area contributed by atoms with Crippen LogP contribution in [0.1, 0.15) is 23.5 Å². The molecule has 0 aromatic carbocycles. The number of fused-ring (bicyclic) bond motifs is 2. The molecule has 15 heavy (non-hydrogen) atoms. The molecule has 0 radical (unpaired) electrons. The zero-order valence-electron chi connectivity index (χ0n) is 8.16. The van der Waals surface area contributed by atoms with Crippen molar-refractivity contribution in [1.29, 1.82) is 0 Å². The molecular formula is C9H11N5O. The highest BCUT2D eigenvalue weighted by atomic mass is 16.1. The first-order chi connectivity index (χ1) is 7.31. The molecule has 0 unspecified atom stereocenters. The Bertz CT molecular complexity index is 582. The monoisotopic (exact) mass is 205 g/mol. The number of hydrogen-bond donors (Lipinski definition) is 2. The van der Waals surface area contributed by atoms with Gasteiger partial charge in [0.2, 0.25) is 5.78 Å². The second kappa shape index (κ2) is 2.90. The third kappa shape index (κ3) is 1.05. The van der Waals surface area contributed by atoms with Crippen molar-refractivity contribution in [1.82, 2.24) is 19.6 Å². The topological polar surface area (TPSA) is 89.1 Å². The molecule has 0 amide bonds. The zero-order chi connectivity index (χ0) is 10.4. The van der Waals surface area contributed by atoms with Crippen molar-refractivity contribution >= 4 is 5.78 Å². The number of hydrogen-bond acceptors (Lipinski definition) is 4. The van der Waals surface area contributed by atoms with Gasteiger partial charge in [-0.2, -0.15) is 5.10 Å². The maximum atomic E-state index is 12.1. The molecule has 2 heterocycles. The molecule has 3 N–H and O–H groups in total. The molecule has 3 rings (SSSR count). The van der Waals surface area contributed by atoms with Crippen LogP contribution in [0.25, 0.3) is 5.78 Å². The Labute approximate surface area is 85.1 Å². The first-order valence-corrected chi connectivity index (χ1v) is 4.99. The number of aromatic nitrogens is 4. The van der Waals surface area contributed by atoms with Crippen molar-refractivity contribution in [2.24, 2.45) is 5.73 Å². The van der Waals surface area contributed by atoms with Crippen molar-refractivity contribution in [2.45, 2.75) is 25.8 Å². The van der Waals surface area contributed by atoms with E-state index in [0.717, 1.165) is 30.5 Å². The van der Waals surface area contributed by atoms with E-state index in [1.165, 1.54) is 4.40 Å². The Kier molecular flexibility index (Phi) is 1.66. The van der Waals surface area contributed by atoms with E-state index in [-0.39, 0.29) is 12.1 Å². The van der Waals surface area contributed by atoms with E-state index in [9.17, 15) is 4.79 Å². The fourth-order valence-corrected chi connectivity index (χ4v) is 2.11. The average molecular weight is 205 g/mol. The van der Waals surface area contributed by atoms with Gasteiger partial charge < -0.3 is 5.73 Å². The van der Waals surface area contributed by atoms with Crippen LogP contribution >= 0.6 is 0 Å². The molecule has 2 aromatic rings. The first kappa shape index (κ1) is 8.60. The van der Waals surface area contributed by atoms with Gasteiger partial charge in [0.25, 0.3) is 5.56 Å². The van der Waals surface area contributed by atoms with E-state index in [1.54, 1.807) is 0 Å². The van der Waals surface area contributed by atoms with Crippen LogP contribution in [0.15, 0.2) is 4.79 Å². The highest BCUT2D eigenvalue weighted by Gasteiger charge is 2.20. The molecule has 78 valence electrons. The highest BCUT2D eigenvalue weighted by Crippen LogP contribution is 2.16. The molecule has 0 spiro atoms. The molecule has 1 aliphatic carbocycles. The number of nitrogens with zero attached hydrogens (tertiary/aromatic N) is 3. The molecule has 0 saturated carbocycles. The van der Waals surface area contributed by atoms with Crippen molar-refractivity contribution < 1.29 is 0 Å². The second-order valence-electron chi connectivity index (χ2n) is 3.70. The van der Waals surface area contributed by atoms with E-state index in [2.05, 4.69) is 15.2 Å². The van der Waals surface area contributed by atoms with Gasteiger partial charge in [-0.1, -0.05) is 0 Å². The Hall–Kier alpha value is -1.69. The van der Waals surface area contributed by atoms with Gasteiger partial charge in [0, 0.05) is 5.56 Å². The third-order valence-electron chi connectivity index (χ3n) is 2.83. The predicted octanol–water partition coefficient (Wildman–Crippen LogP) is -0.635. The molecule has 0 saturated heterocycles. The fourth-order valence-electron chi connectivity index (χ4n) is 2.11. The van der Waals surface area contributed by atoms with Gasteiger partial charge >= 0.3 is 0 Å². The molecule has 2 aromatic heterocycles.